The maximum absolute atomic E-state index is 6.23. The Morgan fingerprint density at radius 3 is 2.53 bits per heavy atom. The molecule has 0 aliphatic heterocycles. The summed E-state index contributed by atoms with van der Waals surface area (Å²) >= 11 is 6.23. The highest BCUT2D eigenvalue weighted by molar-refractivity contribution is 6.31. The van der Waals surface area contributed by atoms with Crippen LogP contribution in [0.2, 0.25) is 5.02 Å². The first-order valence-corrected chi connectivity index (χ1v) is 7.06. The normalized spacial score (nSPS) is 11.1. The van der Waals surface area contributed by atoms with Gasteiger partial charge in [-0.3, -0.25) is 0 Å². The van der Waals surface area contributed by atoms with Crippen molar-refractivity contribution in [2.24, 2.45) is 0 Å². The van der Waals surface area contributed by atoms with Gasteiger partial charge >= 0.3 is 0 Å². The smallest absolute Gasteiger partial charge is 0.122 e. The zero-order chi connectivity index (χ0) is 14.3. The summed E-state index contributed by atoms with van der Waals surface area (Å²) in [5, 5.41) is 4.07. The third kappa shape index (κ3) is 5.39. The van der Waals surface area contributed by atoms with Crippen LogP contribution < -0.4 is 10.1 Å². The van der Waals surface area contributed by atoms with E-state index in [9.17, 15) is 0 Å². The first-order chi connectivity index (χ1) is 9.06. The topological polar surface area (TPSA) is 30.5 Å². The molecular weight excluding hydrogens is 262 g/mol. The summed E-state index contributed by atoms with van der Waals surface area (Å²) in [7, 11) is 1.70. The number of ether oxygens (including phenoxy) is 2. The van der Waals surface area contributed by atoms with E-state index in [0.717, 1.165) is 41.6 Å². The molecule has 1 aromatic carbocycles. The first-order valence-electron chi connectivity index (χ1n) is 6.68. The van der Waals surface area contributed by atoms with Crippen LogP contribution >= 0.6 is 11.6 Å². The molecule has 0 radical (unpaired) electrons. The molecule has 1 aromatic rings. The second-order valence-electron chi connectivity index (χ2n) is 4.89. The predicted octanol–water partition coefficient (Wildman–Crippen LogP) is 3.39. The molecule has 0 saturated carbocycles. The maximum atomic E-state index is 6.23. The van der Waals surface area contributed by atoms with Gasteiger partial charge in [-0.25, -0.2) is 0 Å². The van der Waals surface area contributed by atoms with E-state index >= 15 is 0 Å². The van der Waals surface area contributed by atoms with Crippen molar-refractivity contribution in [1.29, 1.82) is 0 Å². The fraction of sp³-hybridized carbons (Fsp3) is 0.600. The molecule has 0 aliphatic carbocycles. The van der Waals surface area contributed by atoms with Gasteiger partial charge in [-0.05, 0) is 36.1 Å². The lowest BCUT2D eigenvalue weighted by Gasteiger charge is -2.15. The average molecular weight is 286 g/mol. The zero-order valence-electron chi connectivity index (χ0n) is 12.3. The van der Waals surface area contributed by atoms with Crippen LogP contribution in [-0.2, 0) is 4.74 Å². The largest absolute Gasteiger partial charge is 0.492 e. The van der Waals surface area contributed by atoms with E-state index < -0.39 is 0 Å². The number of benzene rings is 1. The van der Waals surface area contributed by atoms with Crippen LogP contribution in [0, 0.1) is 6.92 Å². The molecule has 0 saturated heterocycles. The second kappa shape index (κ2) is 8.41. The van der Waals surface area contributed by atoms with Crippen molar-refractivity contribution in [2.75, 3.05) is 33.4 Å². The molecule has 1 rings (SSSR count). The van der Waals surface area contributed by atoms with E-state index in [-0.39, 0.29) is 0 Å². The Balaban J connectivity index is 2.51. The number of methoxy groups -OCH3 is 1. The molecule has 0 aromatic heterocycles. The molecule has 0 aliphatic rings. The summed E-state index contributed by atoms with van der Waals surface area (Å²) in [6.45, 7) is 9.29. The second-order valence-corrected chi connectivity index (χ2v) is 5.29. The third-order valence-corrected chi connectivity index (χ3v) is 3.26. The molecule has 0 heterocycles. The lowest BCUT2D eigenvalue weighted by atomic mass is 10.0. The minimum atomic E-state index is 0.398. The molecule has 0 unspecified atom stereocenters. The Morgan fingerprint density at radius 2 is 1.89 bits per heavy atom. The van der Waals surface area contributed by atoms with Gasteiger partial charge in [-0.2, -0.15) is 0 Å². The van der Waals surface area contributed by atoms with Gasteiger partial charge in [0.1, 0.15) is 12.4 Å². The Morgan fingerprint density at radius 1 is 1.21 bits per heavy atom. The lowest BCUT2D eigenvalue weighted by Crippen LogP contribution is -2.24. The van der Waals surface area contributed by atoms with E-state index in [1.807, 2.05) is 13.0 Å². The van der Waals surface area contributed by atoms with Crippen molar-refractivity contribution in [1.82, 2.24) is 5.32 Å². The van der Waals surface area contributed by atoms with Crippen LogP contribution in [0.5, 0.6) is 5.75 Å². The van der Waals surface area contributed by atoms with Gasteiger partial charge in [0.05, 0.1) is 6.61 Å². The molecule has 0 bridgehead atoms. The summed E-state index contributed by atoms with van der Waals surface area (Å²) in [5.74, 6) is 1.32. The average Bonchev–Trinajstić information content (AvgIpc) is 2.35. The molecule has 3 nitrogen and oxygen atoms in total. The molecule has 0 fully saturated rings. The van der Waals surface area contributed by atoms with Crippen molar-refractivity contribution in [3.8, 4) is 5.75 Å². The van der Waals surface area contributed by atoms with Crippen LogP contribution in [-0.4, -0.2) is 33.4 Å². The molecule has 19 heavy (non-hydrogen) atoms. The fourth-order valence-corrected chi connectivity index (χ4v) is 2.24. The number of nitrogens with one attached hydrogen (secondary N) is 1. The Labute approximate surface area is 121 Å². The molecule has 0 spiro atoms. The van der Waals surface area contributed by atoms with Gasteiger partial charge in [0.2, 0.25) is 0 Å². The number of hydrogen-bond donors (Lipinski definition) is 1. The SMILES string of the molecule is COCCNCCOc1cc(C(C)C)c(Cl)cc1C. The fourth-order valence-electron chi connectivity index (χ4n) is 1.80. The summed E-state index contributed by atoms with van der Waals surface area (Å²) in [4.78, 5) is 0. The van der Waals surface area contributed by atoms with Gasteiger partial charge in [-0.1, -0.05) is 25.4 Å². The van der Waals surface area contributed by atoms with Crippen molar-refractivity contribution in [3.05, 3.63) is 28.3 Å². The number of rotatable bonds is 8. The third-order valence-electron chi connectivity index (χ3n) is 2.94. The van der Waals surface area contributed by atoms with Crippen LogP contribution in [0.15, 0.2) is 12.1 Å². The van der Waals surface area contributed by atoms with Crippen molar-refractivity contribution in [2.45, 2.75) is 26.7 Å². The van der Waals surface area contributed by atoms with E-state index in [4.69, 9.17) is 21.1 Å². The zero-order valence-corrected chi connectivity index (χ0v) is 13.0. The van der Waals surface area contributed by atoms with Gasteiger partial charge < -0.3 is 14.8 Å². The van der Waals surface area contributed by atoms with Crippen molar-refractivity contribution >= 4 is 11.6 Å². The van der Waals surface area contributed by atoms with Gasteiger partial charge in [0, 0.05) is 25.2 Å². The maximum Gasteiger partial charge on any atom is 0.122 e. The minimum Gasteiger partial charge on any atom is -0.492 e. The van der Waals surface area contributed by atoms with Gasteiger partial charge in [0.25, 0.3) is 0 Å². The predicted molar refractivity (Wildman–Crippen MR) is 80.5 cm³/mol. The Bertz CT molecular complexity index is 394. The quantitative estimate of drug-likeness (QED) is 0.743. The van der Waals surface area contributed by atoms with E-state index in [2.05, 4.69) is 25.2 Å². The summed E-state index contributed by atoms with van der Waals surface area (Å²) in [6, 6.07) is 4.03. The summed E-state index contributed by atoms with van der Waals surface area (Å²) < 4.78 is 10.8. The van der Waals surface area contributed by atoms with Crippen molar-refractivity contribution < 1.29 is 9.47 Å². The van der Waals surface area contributed by atoms with Gasteiger partial charge in [-0.15, -0.1) is 0 Å². The standard InChI is InChI=1S/C15H24ClNO2/c1-11(2)13-10-15(12(3)9-14(13)16)19-8-6-17-5-7-18-4/h9-11,17H,5-8H2,1-4H3. The molecule has 0 atom stereocenters. The highest BCUT2D eigenvalue weighted by Gasteiger charge is 2.09. The number of halogens is 1. The van der Waals surface area contributed by atoms with Gasteiger partial charge in [0.15, 0.2) is 0 Å². The van der Waals surface area contributed by atoms with Crippen molar-refractivity contribution in [3.63, 3.8) is 0 Å². The highest BCUT2D eigenvalue weighted by atomic mass is 35.5. The summed E-state index contributed by atoms with van der Waals surface area (Å²) in [5.41, 5.74) is 2.21. The molecule has 4 heteroatoms. The van der Waals surface area contributed by atoms with E-state index in [0.29, 0.717) is 12.5 Å². The van der Waals surface area contributed by atoms with Crippen LogP contribution in [0.3, 0.4) is 0 Å². The Kier molecular flexibility index (Phi) is 7.21. The first kappa shape index (κ1) is 16.3. The van der Waals surface area contributed by atoms with E-state index in [1.54, 1.807) is 7.11 Å². The minimum absolute atomic E-state index is 0.398. The van der Waals surface area contributed by atoms with E-state index in [1.165, 1.54) is 0 Å². The molecule has 1 N–H and O–H groups in total. The lowest BCUT2D eigenvalue weighted by molar-refractivity contribution is 0.196. The molecule has 108 valence electrons. The Hall–Kier alpha value is -0.770. The monoisotopic (exact) mass is 285 g/mol. The highest BCUT2D eigenvalue weighted by Crippen LogP contribution is 2.31. The molecule has 0 amide bonds. The number of aryl methyl sites for hydroxylation is 1. The van der Waals surface area contributed by atoms with Crippen LogP contribution in [0.25, 0.3) is 0 Å². The van der Waals surface area contributed by atoms with Crippen LogP contribution in [0.1, 0.15) is 30.9 Å². The number of hydrogen-bond acceptors (Lipinski definition) is 3. The summed E-state index contributed by atoms with van der Waals surface area (Å²) in [6.07, 6.45) is 0. The van der Waals surface area contributed by atoms with Crippen LogP contribution in [0.4, 0.5) is 0 Å². The molecular formula is C15H24ClNO2.